The highest BCUT2D eigenvalue weighted by atomic mass is 32.2. The van der Waals surface area contributed by atoms with Gasteiger partial charge in [0.15, 0.2) is 0 Å². The average molecular weight is 216 g/mol. The van der Waals surface area contributed by atoms with Gasteiger partial charge < -0.3 is 10.2 Å². The van der Waals surface area contributed by atoms with Crippen molar-refractivity contribution >= 4 is 11.8 Å². The van der Waals surface area contributed by atoms with E-state index in [0.29, 0.717) is 12.1 Å². The van der Waals surface area contributed by atoms with Crippen molar-refractivity contribution in [3.63, 3.8) is 0 Å². The van der Waals surface area contributed by atoms with E-state index < -0.39 is 0 Å². The molecule has 1 N–H and O–H groups in total. The van der Waals surface area contributed by atoms with Crippen molar-refractivity contribution in [3.8, 4) is 0 Å². The van der Waals surface area contributed by atoms with E-state index in [2.05, 4.69) is 49.8 Å². The van der Waals surface area contributed by atoms with Gasteiger partial charge in [-0.25, -0.2) is 0 Å². The monoisotopic (exact) mass is 216 g/mol. The minimum Gasteiger partial charge on any atom is -0.311 e. The first-order valence-electron chi connectivity index (χ1n) is 5.62. The van der Waals surface area contributed by atoms with Crippen LogP contribution < -0.4 is 5.32 Å². The van der Waals surface area contributed by atoms with Crippen molar-refractivity contribution < 1.29 is 0 Å². The quantitative estimate of drug-likeness (QED) is 0.769. The zero-order chi connectivity index (χ0) is 10.6. The number of rotatable bonds is 4. The number of nitrogens with zero attached hydrogens (tertiary/aromatic N) is 1. The van der Waals surface area contributed by atoms with Gasteiger partial charge in [-0.05, 0) is 19.9 Å². The number of hydrogen-bond donors (Lipinski definition) is 1. The van der Waals surface area contributed by atoms with Gasteiger partial charge in [0.05, 0.1) is 0 Å². The van der Waals surface area contributed by atoms with Crippen molar-refractivity contribution in [1.29, 1.82) is 0 Å². The van der Waals surface area contributed by atoms with Gasteiger partial charge in [-0.15, -0.1) is 0 Å². The lowest BCUT2D eigenvalue weighted by atomic mass is 10.0. The molecule has 1 saturated heterocycles. The van der Waals surface area contributed by atoms with E-state index in [-0.39, 0.29) is 0 Å². The summed E-state index contributed by atoms with van der Waals surface area (Å²) in [6.07, 6.45) is 0. The summed E-state index contributed by atoms with van der Waals surface area (Å²) in [5, 5.41) is 3.58. The fourth-order valence-corrected chi connectivity index (χ4v) is 2.70. The van der Waals surface area contributed by atoms with Crippen molar-refractivity contribution in [3.05, 3.63) is 0 Å². The summed E-state index contributed by atoms with van der Waals surface area (Å²) in [6, 6.07) is 1.38. The van der Waals surface area contributed by atoms with Crippen LogP contribution in [0.4, 0.5) is 0 Å². The van der Waals surface area contributed by atoms with E-state index in [4.69, 9.17) is 0 Å². The lowest BCUT2D eigenvalue weighted by Crippen LogP contribution is -2.47. The first-order chi connectivity index (χ1) is 6.61. The third-order valence-electron chi connectivity index (χ3n) is 3.17. The van der Waals surface area contributed by atoms with Gasteiger partial charge >= 0.3 is 0 Å². The second-order valence-corrected chi connectivity index (χ2v) is 5.80. The van der Waals surface area contributed by atoms with Crippen LogP contribution in [0.2, 0.25) is 0 Å². The Hall–Kier alpha value is 0.270. The number of thioether (sulfide) groups is 1. The van der Waals surface area contributed by atoms with Crippen LogP contribution in [-0.2, 0) is 0 Å². The summed E-state index contributed by atoms with van der Waals surface area (Å²) in [7, 11) is 2.24. The summed E-state index contributed by atoms with van der Waals surface area (Å²) in [5.41, 5.74) is 0. The highest BCUT2D eigenvalue weighted by Gasteiger charge is 2.19. The van der Waals surface area contributed by atoms with E-state index >= 15 is 0 Å². The lowest BCUT2D eigenvalue weighted by Gasteiger charge is -2.33. The molecule has 14 heavy (non-hydrogen) atoms. The minimum atomic E-state index is 0.684. The van der Waals surface area contributed by atoms with E-state index in [1.165, 1.54) is 24.6 Å². The van der Waals surface area contributed by atoms with Gasteiger partial charge in [-0.2, -0.15) is 11.8 Å². The summed E-state index contributed by atoms with van der Waals surface area (Å²) in [4.78, 5) is 2.48. The van der Waals surface area contributed by atoms with Gasteiger partial charge in [0.1, 0.15) is 0 Å². The number of hydrogen-bond acceptors (Lipinski definition) is 3. The molecule has 0 aliphatic carbocycles. The molecule has 1 aliphatic heterocycles. The Morgan fingerprint density at radius 2 is 2.14 bits per heavy atom. The van der Waals surface area contributed by atoms with Crippen molar-refractivity contribution in [2.45, 2.75) is 32.9 Å². The lowest BCUT2D eigenvalue weighted by molar-refractivity contribution is 0.192. The van der Waals surface area contributed by atoms with Crippen LogP contribution in [0.3, 0.4) is 0 Å². The van der Waals surface area contributed by atoms with E-state index in [1.54, 1.807) is 0 Å². The van der Waals surface area contributed by atoms with Crippen molar-refractivity contribution in [2.24, 2.45) is 5.92 Å². The molecule has 1 fully saturated rings. The van der Waals surface area contributed by atoms with Crippen LogP contribution in [-0.4, -0.2) is 48.6 Å². The second-order valence-electron chi connectivity index (χ2n) is 4.65. The van der Waals surface area contributed by atoms with Crippen LogP contribution in [0.25, 0.3) is 0 Å². The largest absolute Gasteiger partial charge is 0.311 e. The Morgan fingerprint density at radius 1 is 1.43 bits per heavy atom. The van der Waals surface area contributed by atoms with Crippen LogP contribution in [0.1, 0.15) is 20.8 Å². The predicted molar refractivity (Wildman–Crippen MR) is 66.0 cm³/mol. The van der Waals surface area contributed by atoms with Crippen LogP contribution in [0.15, 0.2) is 0 Å². The first-order valence-corrected chi connectivity index (χ1v) is 6.78. The summed E-state index contributed by atoms with van der Waals surface area (Å²) >= 11 is 2.08. The predicted octanol–water partition coefficient (Wildman–Crippen LogP) is 1.67. The van der Waals surface area contributed by atoms with Gasteiger partial charge in [0, 0.05) is 36.7 Å². The molecular formula is C11H24N2S. The van der Waals surface area contributed by atoms with Gasteiger partial charge in [-0.1, -0.05) is 13.8 Å². The maximum atomic E-state index is 3.58. The highest BCUT2D eigenvalue weighted by molar-refractivity contribution is 7.99. The number of nitrogens with one attached hydrogen (secondary N) is 1. The van der Waals surface area contributed by atoms with Crippen molar-refractivity contribution in [1.82, 2.24) is 10.2 Å². The molecule has 1 heterocycles. The molecule has 84 valence electrons. The molecule has 0 aromatic carbocycles. The molecule has 1 rings (SSSR count). The summed E-state index contributed by atoms with van der Waals surface area (Å²) < 4.78 is 0. The maximum Gasteiger partial charge on any atom is 0.0285 e. The molecular weight excluding hydrogens is 192 g/mol. The molecule has 3 heteroatoms. The number of likely N-dealkylation sites (N-methyl/N-ethyl adjacent to an activating group) is 1. The Kier molecular flexibility index (Phi) is 5.28. The van der Waals surface area contributed by atoms with E-state index in [9.17, 15) is 0 Å². The SMILES string of the molecule is CC(C)C(C)N(C)CC1CSCCN1. The third-order valence-corrected chi connectivity index (χ3v) is 4.30. The molecule has 0 aromatic rings. The molecule has 0 aromatic heterocycles. The molecule has 0 spiro atoms. The van der Waals surface area contributed by atoms with Crippen LogP contribution in [0.5, 0.6) is 0 Å². The average Bonchev–Trinajstić information content (AvgIpc) is 2.18. The third kappa shape index (κ3) is 3.79. The molecule has 0 bridgehead atoms. The van der Waals surface area contributed by atoms with Gasteiger partial charge in [0.25, 0.3) is 0 Å². The Labute approximate surface area is 92.8 Å². The summed E-state index contributed by atoms with van der Waals surface area (Å²) in [5.74, 6) is 3.30. The molecule has 1 aliphatic rings. The smallest absolute Gasteiger partial charge is 0.0285 e. The summed E-state index contributed by atoms with van der Waals surface area (Å²) in [6.45, 7) is 9.28. The zero-order valence-electron chi connectivity index (χ0n) is 9.92. The standard InChI is InChI=1S/C11H24N2S/c1-9(2)10(3)13(4)7-11-8-14-6-5-12-11/h9-12H,5-8H2,1-4H3. The second kappa shape index (κ2) is 5.99. The topological polar surface area (TPSA) is 15.3 Å². The van der Waals surface area contributed by atoms with Gasteiger partial charge in [-0.3, -0.25) is 0 Å². The molecule has 0 radical (unpaired) electrons. The maximum absolute atomic E-state index is 3.58. The Balaban J connectivity index is 2.27. The Bertz CT molecular complexity index is 155. The first kappa shape index (κ1) is 12.3. The van der Waals surface area contributed by atoms with Crippen molar-refractivity contribution in [2.75, 3.05) is 31.6 Å². The molecule has 2 nitrogen and oxygen atoms in total. The molecule has 0 amide bonds. The zero-order valence-corrected chi connectivity index (χ0v) is 10.7. The fourth-order valence-electron chi connectivity index (χ4n) is 1.76. The highest BCUT2D eigenvalue weighted by Crippen LogP contribution is 2.12. The molecule has 0 saturated carbocycles. The van der Waals surface area contributed by atoms with Gasteiger partial charge in [0.2, 0.25) is 0 Å². The Morgan fingerprint density at radius 3 is 2.64 bits per heavy atom. The van der Waals surface area contributed by atoms with Crippen LogP contribution in [0, 0.1) is 5.92 Å². The van der Waals surface area contributed by atoms with Crippen LogP contribution >= 0.6 is 11.8 Å². The van der Waals surface area contributed by atoms with E-state index in [1.807, 2.05) is 0 Å². The fraction of sp³-hybridized carbons (Fsp3) is 1.00. The molecule has 2 unspecified atom stereocenters. The minimum absolute atomic E-state index is 0.684. The normalized spacial score (nSPS) is 25.7. The van der Waals surface area contributed by atoms with E-state index in [0.717, 1.165) is 5.92 Å². The molecule has 2 atom stereocenters.